The summed E-state index contributed by atoms with van der Waals surface area (Å²) in [6.07, 6.45) is 3.90. The fourth-order valence-corrected chi connectivity index (χ4v) is 3.05. The maximum atomic E-state index is 11.2. The third kappa shape index (κ3) is 1.69. The van der Waals surface area contributed by atoms with Gasteiger partial charge in [-0.25, -0.2) is 4.79 Å². The molecule has 1 aromatic carbocycles. The quantitative estimate of drug-likeness (QED) is 0.878. The zero-order valence-electron chi connectivity index (χ0n) is 9.45. The van der Waals surface area contributed by atoms with E-state index in [0.29, 0.717) is 16.0 Å². The Morgan fingerprint density at radius 1 is 1.35 bits per heavy atom. The molecule has 2 aliphatic rings. The first kappa shape index (κ1) is 10.9. The van der Waals surface area contributed by atoms with Gasteiger partial charge in [-0.05, 0) is 31.0 Å². The molecule has 0 atom stereocenters. The van der Waals surface area contributed by atoms with E-state index in [1.54, 1.807) is 6.07 Å². The molecule has 0 aromatic heterocycles. The standard InChI is InChI=1S/C13H14ClNO2/c14-9-2-3-11(10(6-9)12(16)17)15-7-13(8-15)4-1-5-13/h2-3,6H,1,4-5,7-8H2,(H,16,17). The van der Waals surface area contributed by atoms with Gasteiger partial charge in [0.25, 0.3) is 0 Å². The zero-order valence-corrected chi connectivity index (χ0v) is 10.2. The Kier molecular flexibility index (Phi) is 2.33. The molecular formula is C13H14ClNO2. The summed E-state index contributed by atoms with van der Waals surface area (Å²) < 4.78 is 0. The predicted octanol–water partition coefficient (Wildman–Crippen LogP) is 3.03. The summed E-state index contributed by atoms with van der Waals surface area (Å²) in [5.74, 6) is -0.906. The Morgan fingerprint density at radius 2 is 2.06 bits per heavy atom. The number of hydrogen-bond donors (Lipinski definition) is 1. The number of nitrogens with zero attached hydrogens (tertiary/aromatic N) is 1. The average Bonchev–Trinajstić information content (AvgIpc) is 2.15. The van der Waals surface area contributed by atoms with Gasteiger partial charge in [0.15, 0.2) is 0 Å². The Labute approximate surface area is 105 Å². The van der Waals surface area contributed by atoms with E-state index in [1.807, 2.05) is 6.07 Å². The van der Waals surface area contributed by atoms with Crippen molar-refractivity contribution in [1.29, 1.82) is 0 Å². The summed E-state index contributed by atoms with van der Waals surface area (Å²) in [4.78, 5) is 13.3. The van der Waals surface area contributed by atoms with E-state index in [2.05, 4.69) is 4.90 Å². The average molecular weight is 252 g/mol. The van der Waals surface area contributed by atoms with Crippen LogP contribution in [0.25, 0.3) is 0 Å². The number of carboxylic acid groups (broad SMARTS) is 1. The second-order valence-corrected chi connectivity index (χ2v) is 5.61. The number of carbonyl (C=O) groups is 1. The zero-order chi connectivity index (χ0) is 12.0. The van der Waals surface area contributed by atoms with Crippen LogP contribution >= 0.6 is 11.6 Å². The van der Waals surface area contributed by atoms with Crippen molar-refractivity contribution >= 4 is 23.3 Å². The summed E-state index contributed by atoms with van der Waals surface area (Å²) in [6, 6.07) is 5.11. The lowest BCUT2D eigenvalue weighted by Crippen LogP contribution is -2.60. The molecule has 1 saturated carbocycles. The summed E-state index contributed by atoms with van der Waals surface area (Å²) in [5.41, 5.74) is 1.61. The van der Waals surface area contributed by atoms with Crippen molar-refractivity contribution < 1.29 is 9.90 Å². The Balaban J connectivity index is 1.85. The normalized spacial score (nSPS) is 20.9. The van der Waals surface area contributed by atoms with Gasteiger partial charge in [-0.1, -0.05) is 18.0 Å². The molecule has 1 aliphatic carbocycles. The van der Waals surface area contributed by atoms with Crippen LogP contribution in [0.15, 0.2) is 18.2 Å². The Morgan fingerprint density at radius 3 is 2.59 bits per heavy atom. The minimum atomic E-state index is -0.906. The number of rotatable bonds is 2. The van der Waals surface area contributed by atoms with Crippen LogP contribution in [0.4, 0.5) is 5.69 Å². The largest absolute Gasteiger partial charge is 0.478 e. The van der Waals surface area contributed by atoms with E-state index < -0.39 is 5.97 Å². The molecule has 90 valence electrons. The molecule has 0 bridgehead atoms. The lowest BCUT2D eigenvalue weighted by atomic mass is 9.63. The van der Waals surface area contributed by atoms with E-state index in [4.69, 9.17) is 11.6 Å². The van der Waals surface area contributed by atoms with Crippen LogP contribution in [0, 0.1) is 5.41 Å². The highest BCUT2D eigenvalue weighted by Crippen LogP contribution is 2.49. The fraction of sp³-hybridized carbons (Fsp3) is 0.462. The van der Waals surface area contributed by atoms with E-state index in [9.17, 15) is 9.90 Å². The molecule has 4 heteroatoms. The minimum absolute atomic E-state index is 0.312. The van der Waals surface area contributed by atoms with Crippen LogP contribution in [0.5, 0.6) is 0 Å². The molecule has 1 heterocycles. The maximum Gasteiger partial charge on any atom is 0.337 e. The van der Waals surface area contributed by atoms with Crippen LogP contribution < -0.4 is 4.90 Å². The number of halogens is 1. The van der Waals surface area contributed by atoms with E-state index >= 15 is 0 Å². The number of carboxylic acids is 1. The van der Waals surface area contributed by atoms with Crippen molar-refractivity contribution in [3.8, 4) is 0 Å². The molecule has 1 aliphatic heterocycles. The molecule has 3 rings (SSSR count). The van der Waals surface area contributed by atoms with Crippen molar-refractivity contribution in [3.63, 3.8) is 0 Å². The third-order valence-corrected chi connectivity index (χ3v) is 4.23. The molecule has 0 radical (unpaired) electrons. The van der Waals surface area contributed by atoms with Gasteiger partial charge in [0.1, 0.15) is 0 Å². The number of anilines is 1. The number of hydrogen-bond acceptors (Lipinski definition) is 2. The van der Waals surface area contributed by atoms with Gasteiger partial charge in [0.2, 0.25) is 0 Å². The highest BCUT2D eigenvalue weighted by atomic mass is 35.5. The molecule has 1 N–H and O–H groups in total. The van der Waals surface area contributed by atoms with Gasteiger partial charge in [0, 0.05) is 23.5 Å². The number of benzene rings is 1. The Hall–Kier alpha value is -1.22. The topological polar surface area (TPSA) is 40.5 Å². The van der Waals surface area contributed by atoms with Crippen molar-refractivity contribution in [3.05, 3.63) is 28.8 Å². The van der Waals surface area contributed by atoms with Crippen molar-refractivity contribution in [2.24, 2.45) is 5.41 Å². The molecule has 1 saturated heterocycles. The smallest absolute Gasteiger partial charge is 0.337 e. The van der Waals surface area contributed by atoms with Crippen LogP contribution in [-0.2, 0) is 0 Å². The first-order chi connectivity index (χ1) is 8.10. The molecular weight excluding hydrogens is 238 g/mol. The second kappa shape index (κ2) is 3.64. The second-order valence-electron chi connectivity index (χ2n) is 5.18. The molecule has 0 amide bonds. The fourth-order valence-electron chi connectivity index (χ4n) is 2.88. The summed E-state index contributed by atoms with van der Waals surface area (Å²) in [7, 11) is 0. The Bertz CT molecular complexity index is 474. The SMILES string of the molecule is O=C(O)c1cc(Cl)ccc1N1CC2(CCC2)C1. The molecule has 17 heavy (non-hydrogen) atoms. The predicted molar refractivity (Wildman–Crippen MR) is 66.9 cm³/mol. The molecule has 2 fully saturated rings. The number of aromatic carboxylic acids is 1. The van der Waals surface area contributed by atoms with Crippen LogP contribution in [0.2, 0.25) is 5.02 Å². The van der Waals surface area contributed by atoms with Gasteiger partial charge in [-0.15, -0.1) is 0 Å². The summed E-state index contributed by atoms with van der Waals surface area (Å²) in [6.45, 7) is 1.99. The minimum Gasteiger partial charge on any atom is -0.478 e. The van der Waals surface area contributed by atoms with Crippen molar-refractivity contribution in [1.82, 2.24) is 0 Å². The molecule has 3 nitrogen and oxygen atoms in total. The van der Waals surface area contributed by atoms with Crippen molar-refractivity contribution in [2.45, 2.75) is 19.3 Å². The summed E-state index contributed by atoms with van der Waals surface area (Å²) in [5, 5.41) is 9.65. The van der Waals surface area contributed by atoms with Crippen LogP contribution in [0.1, 0.15) is 29.6 Å². The van der Waals surface area contributed by atoms with Gasteiger partial charge in [-0.3, -0.25) is 0 Å². The summed E-state index contributed by atoms with van der Waals surface area (Å²) >= 11 is 5.84. The lowest BCUT2D eigenvalue weighted by Gasteiger charge is -2.57. The van der Waals surface area contributed by atoms with Gasteiger partial charge in [0.05, 0.1) is 11.3 Å². The van der Waals surface area contributed by atoms with E-state index in [0.717, 1.165) is 18.8 Å². The monoisotopic (exact) mass is 251 g/mol. The van der Waals surface area contributed by atoms with Gasteiger partial charge < -0.3 is 10.0 Å². The van der Waals surface area contributed by atoms with E-state index in [-0.39, 0.29) is 0 Å². The maximum absolute atomic E-state index is 11.2. The first-order valence-electron chi connectivity index (χ1n) is 5.88. The lowest BCUT2D eigenvalue weighted by molar-refractivity contribution is 0.0690. The molecule has 0 unspecified atom stereocenters. The highest BCUT2D eigenvalue weighted by molar-refractivity contribution is 6.31. The molecule has 1 aromatic rings. The van der Waals surface area contributed by atoms with Crippen molar-refractivity contribution in [2.75, 3.05) is 18.0 Å². The van der Waals surface area contributed by atoms with Crippen LogP contribution in [-0.4, -0.2) is 24.2 Å². The van der Waals surface area contributed by atoms with Crippen LogP contribution in [0.3, 0.4) is 0 Å². The van der Waals surface area contributed by atoms with Gasteiger partial charge >= 0.3 is 5.97 Å². The molecule has 1 spiro atoms. The van der Waals surface area contributed by atoms with Gasteiger partial charge in [-0.2, -0.15) is 0 Å². The third-order valence-electron chi connectivity index (χ3n) is 4.00. The van der Waals surface area contributed by atoms with E-state index in [1.165, 1.54) is 25.3 Å². The first-order valence-corrected chi connectivity index (χ1v) is 6.25. The highest BCUT2D eigenvalue weighted by Gasteiger charge is 2.47.